The molecule has 0 atom stereocenters. The number of aromatic nitrogens is 2. The van der Waals surface area contributed by atoms with E-state index >= 15 is 0 Å². The number of anilines is 1. The lowest BCUT2D eigenvalue weighted by Crippen LogP contribution is -2.29. The predicted octanol–water partition coefficient (Wildman–Crippen LogP) is 3.46. The molecule has 6 heteroatoms. The highest BCUT2D eigenvalue weighted by molar-refractivity contribution is 5.98. The third-order valence-electron chi connectivity index (χ3n) is 4.48. The van der Waals surface area contributed by atoms with Crippen molar-refractivity contribution in [3.8, 4) is 0 Å². The van der Waals surface area contributed by atoms with Crippen LogP contribution >= 0.6 is 0 Å². The van der Waals surface area contributed by atoms with Crippen molar-refractivity contribution < 1.29 is 9.59 Å². The molecule has 2 aromatic rings. The van der Waals surface area contributed by atoms with Crippen LogP contribution in [0.2, 0.25) is 0 Å². The van der Waals surface area contributed by atoms with Gasteiger partial charge in [-0.3, -0.25) is 9.48 Å². The standard InChI is InChI=1S/C19H24N4O2/c1-12(2)18(24)14-6-8-15(9-7-14)22-19(25)20-11-17-16(13-4-5-13)10-21-23(17)3/h6-10,12-13H,4-5,11H2,1-3H3,(H2,20,22,25). The van der Waals surface area contributed by atoms with Crippen molar-refractivity contribution in [1.82, 2.24) is 15.1 Å². The second-order valence-corrected chi connectivity index (χ2v) is 6.85. The number of amides is 2. The minimum Gasteiger partial charge on any atom is -0.332 e. The van der Waals surface area contributed by atoms with Crippen molar-refractivity contribution in [1.29, 1.82) is 0 Å². The highest BCUT2D eigenvalue weighted by atomic mass is 16.2. The molecule has 0 spiro atoms. The Kier molecular flexibility index (Phi) is 4.88. The van der Waals surface area contributed by atoms with Gasteiger partial charge >= 0.3 is 6.03 Å². The number of aryl methyl sites for hydroxylation is 1. The van der Waals surface area contributed by atoms with Crippen LogP contribution in [0.25, 0.3) is 0 Å². The fourth-order valence-electron chi connectivity index (χ4n) is 2.82. The topological polar surface area (TPSA) is 76.0 Å². The Morgan fingerprint density at radius 1 is 1.24 bits per heavy atom. The summed E-state index contributed by atoms with van der Waals surface area (Å²) in [5.41, 5.74) is 3.60. The molecule has 0 bridgehead atoms. The third-order valence-corrected chi connectivity index (χ3v) is 4.48. The van der Waals surface area contributed by atoms with Crippen LogP contribution in [0.4, 0.5) is 10.5 Å². The summed E-state index contributed by atoms with van der Waals surface area (Å²) < 4.78 is 1.82. The van der Waals surface area contributed by atoms with Gasteiger partial charge in [0, 0.05) is 24.2 Å². The molecule has 1 saturated carbocycles. The molecule has 1 aromatic carbocycles. The summed E-state index contributed by atoms with van der Waals surface area (Å²) in [5.74, 6) is 0.654. The first-order chi connectivity index (χ1) is 12.0. The number of urea groups is 1. The van der Waals surface area contributed by atoms with E-state index in [0.29, 0.717) is 23.7 Å². The van der Waals surface area contributed by atoms with Crippen LogP contribution in [0.5, 0.6) is 0 Å². The second kappa shape index (κ2) is 7.09. The van der Waals surface area contributed by atoms with Gasteiger partial charge in [0.25, 0.3) is 0 Å². The Bertz CT molecular complexity index is 773. The summed E-state index contributed by atoms with van der Waals surface area (Å²) in [7, 11) is 1.89. The second-order valence-electron chi connectivity index (χ2n) is 6.85. The fraction of sp³-hybridized carbons (Fsp3) is 0.421. The van der Waals surface area contributed by atoms with Gasteiger partial charge in [0.15, 0.2) is 5.78 Å². The number of benzene rings is 1. The van der Waals surface area contributed by atoms with Crippen LogP contribution in [-0.2, 0) is 13.6 Å². The first-order valence-corrected chi connectivity index (χ1v) is 8.65. The Morgan fingerprint density at radius 2 is 1.92 bits per heavy atom. The van der Waals surface area contributed by atoms with E-state index in [0.717, 1.165) is 5.69 Å². The molecule has 25 heavy (non-hydrogen) atoms. The predicted molar refractivity (Wildman–Crippen MR) is 96.7 cm³/mol. The highest BCUT2D eigenvalue weighted by Crippen LogP contribution is 2.41. The molecule has 1 aromatic heterocycles. The maximum atomic E-state index is 12.1. The van der Waals surface area contributed by atoms with Gasteiger partial charge in [-0.25, -0.2) is 4.79 Å². The maximum absolute atomic E-state index is 12.1. The summed E-state index contributed by atoms with van der Waals surface area (Å²) in [5, 5.41) is 9.96. The van der Waals surface area contributed by atoms with E-state index in [9.17, 15) is 9.59 Å². The van der Waals surface area contributed by atoms with Crippen LogP contribution in [0.1, 0.15) is 54.2 Å². The van der Waals surface area contributed by atoms with Gasteiger partial charge in [0.2, 0.25) is 0 Å². The molecular formula is C19H24N4O2. The van der Waals surface area contributed by atoms with Crippen LogP contribution in [0, 0.1) is 5.92 Å². The van der Waals surface area contributed by atoms with Gasteiger partial charge in [0.05, 0.1) is 18.4 Å². The SMILES string of the molecule is CC(C)C(=O)c1ccc(NC(=O)NCc2c(C3CC3)cnn2C)cc1. The molecule has 1 aliphatic carbocycles. The largest absolute Gasteiger partial charge is 0.332 e. The van der Waals surface area contributed by atoms with Crippen LogP contribution in [0.15, 0.2) is 30.5 Å². The summed E-state index contributed by atoms with van der Waals surface area (Å²) in [4.78, 5) is 24.1. The van der Waals surface area contributed by atoms with Crippen molar-refractivity contribution in [2.75, 3.05) is 5.32 Å². The zero-order valence-corrected chi connectivity index (χ0v) is 14.9. The van der Waals surface area contributed by atoms with E-state index in [1.807, 2.05) is 31.8 Å². The lowest BCUT2D eigenvalue weighted by molar-refractivity contribution is 0.0939. The molecule has 1 fully saturated rings. The quantitative estimate of drug-likeness (QED) is 0.791. The van der Waals surface area contributed by atoms with Gasteiger partial charge in [-0.05, 0) is 48.6 Å². The molecule has 6 nitrogen and oxygen atoms in total. The van der Waals surface area contributed by atoms with Crippen molar-refractivity contribution >= 4 is 17.5 Å². The first kappa shape index (κ1) is 17.2. The molecule has 132 valence electrons. The van der Waals surface area contributed by atoms with E-state index in [2.05, 4.69) is 15.7 Å². The first-order valence-electron chi connectivity index (χ1n) is 8.65. The molecular weight excluding hydrogens is 316 g/mol. The number of carbonyl (C=O) groups is 2. The number of hydrogen-bond donors (Lipinski definition) is 2. The summed E-state index contributed by atoms with van der Waals surface area (Å²) in [6.07, 6.45) is 4.30. The molecule has 3 rings (SSSR count). The van der Waals surface area contributed by atoms with E-state index < -0.39 is 0 Å². The van der Waals surface area contributed by atoms with Gasteiger partial charge < -0.3 is 10.6 Å². The lowest BCUT2D eigenvalue weighted by atomic mass is 10.0. The molecule has 0 aliphatic heterocycles. The van der Waals surface area contributed by atoms with Crippen molar-refractivity contribution in [3.05, 3.63) is 47.3 Å². The van der Waals surface area contributed by atoms with E-state index in [4.69, 9.17) is 0 Å². The lowest BCUT2D eigenvalue weighted by Gasteiger charge is -2.10. The van der Waals surface area contributed by atoms with Gasteiger partial charge in [-0.2, -0.15) is 5.10 Å². The minimum atomic E-state index is -0.272. The maximum Gasteiger partial charge on any atom is 0.319 e. The molecule has 2 N–H and O–H groups in total. The van der Waals surface area contributed by atoms with E-state index in [-0.39, 0.29) is 17.7 Å². The number of nitrogens with one attached hydrogen (secondary N) is 2. The van der Waals surface area contributed by atoms with Crippen LogP contribution in [0.3, 0.4) is 0 Å². The van der Waals surface area contributed by atoms with E-state index in [1.54, 1.807) is 24.3 Å². The fourth-order valence-corrected chi connectivity index (χ4v) is 2.82. The van der Waals surface area contributed by atoms with Gasteiger partial charge in [0.1, 0.15) is 0 Å². The Hall–Kier alpha value is -2.63. The summed E-state index contributed by atoms with van der Waals surface area (Å²) in [6.45, 7) is 4.19. The Balaban J connectivity index is 1.56. The van der Waals surface area contributed by atoms with Crippen molar-refractivity contribution in [2.24, 2.45) is 13.0 Å². The molecule has 0 unspecified atom stereocenters. The number of Topliss-reactive ketones (excluding diaryl/α,β-unsaturated/α-hetero) is 1. The molecule has 0 saturated heterocycles. The van der Waals surface area contributed by atoms with Gasteiger partial charge in [-0.15, -0.1) is 0 Å². The molecule has 1 aliphatic rings. The third kappa shape index (κ3) is 4.07. The molecule has 2 amide bonds. The van der Waals surface area contributed by atoms with Gasteiger partial charge in [-0.1, -0.05) is 13.8 Å². The number of ketones is 1. The summed E-state index contributed by atoms with van der Waals surface area (Å²) >= 11 is 0. The van der Waals surface area contributed by atoms with Crippen molar-refractivity contribution in [2.45, 2.75) is 39.2 Å². The zero-order chi connectivity index (χ0) is 18.0. The average Bonchev–Trinajstić information content (AvgIpc) is 3.36. The number of rotatable bonds is 6. The Labute approximate surface area is 147 Å². The average molecular weight is 340 g/mol. The minimum absolute atomic E-state index is 0.0401. The van der Waals surface area contributed by atoms with Crippen LogP contribution in [-0.4, -0.2) is 21.6 Å². The number of carbonyl (C=O) groups excluding carboxylic acids is 2. The smallest absolute Gasteiger partial charge is 0.319 e. The molecule has 1 heterocycles. The summed E-state index contributed by atoms with van der Waals surface area (Å²) in [6, 6.07) is 6.70. The zero-order valence-electron chi connectivity index (χ0n) is 14.9. The van der Waals surface area contributed by atoms with Crippen molar-refractivity contribution in [3.63, 3.8) is 0 Å². The highest BCUT2D eigenvalue weighted by Gasteiger charge is 2.28. The van der Waals surface area contributed by atoms with Crippen LogP contribution < -0.4 is 10.6 Å². The monoisotopic (exact) mass is 340 g/mol. The Morgan fingerprint density at radius 3 is 2.52 bits per heavy atom. The number of nitrogens with zero attached hydrogens (tertiary/aromatic N) is 2. The molecule has 0 radical (unpaired) electrons. The normalized spacial score (nSPS) is 13.8. The number of hydrogen-bond acceptors (Lipinski definition) is 3. The van der Waals surface area contributed by atoms with E-state index in [1.165, 1.54) is 18.4 Å².